The van der Waals surface area contributed by atoms with E-state index in [0.717, 1.165) is 56.4 Å². The van der Waals surface area contributed by atoms with Crippen LogP contribution in [0.1, 0.15) is 11.1 Å². The molecule has 1 aromatic heterocycles. The third-order valence-electron chi connectivity index (χ3n) is 5.64. The highest BCUT2D eigenvalue weighted by molar-refractivity contribution is 5.78. The molecule has 0 N–H and O–H groups in total. The lowest BCUT2D eigenvalue weighted by atomic mass is 9.98. The van der Waals surface area contributed by atoms with Crippen LogP contribution in [0, 0.1) is 0 Å². The van der Waals surface area contributed by atoms with Crippen molar-refractivity contribution in [3.63, 3.8) is 0 Å². The first kappa shape index (κ1) is 19.4. The van der Waals surface area contributed by atoms with Crippen LogP contribution in [-0.2, 0) is 17.8 Å². The standard InChI is InChI=1S/C21H27N5O3/c1-28-18-12-16-4-7-26(14-17(16)13-19(18)29-2)20(27)15-24-8-10-25(11-9-24)21-22-5-3-6-23-21/h3,5-6,12-13H,4,7-11,14-15H2,1-2H3. The average Bonchev–Trinajstić information content (AvgIpc) is 2.78. The molecule has 0 bridgehead atoms. The van der Waals surface area contributed by atoms with Crippen molar-refractivity contribution < 1.29 is 14.3 Å². The highest BCUT2D eigenvalue weighted by atomic mass is 16.5. The Labute approximate surface area is 171 Å². The molecule has 1 saturated heterocycles. The number of carbonyl (C=O) groups is 1. The summed E-state index contributed by atoms with van der Waals surface area (Å²) in [6, 6.07) is 5.84. The molecular weight excluding hydrogens is 370 g/mol. The van der Waals surface area contributed by atoms with E-state index in [4.69, 9.17) is 9.47 Å². The van der Waals surface area contributed by atoms with E-state index in [9.17, 15) is 4.79 Å². The van der Waals surface area contributed by atoms with Gasteiger partial charge in [0.2, 0.25) is 11.9 Å². The van der Waals surface area contributed by atoms with Crippen LogP contribution in [-0.4, -0.2) is 79.2 Å². The highest BCUT2D eigenvalue weighted by Gasteiger charge is 2.26. The largest absolute Gasteiger partial charge is 0.493 e. The summed E-state index contributed by atoms with van der Waals surface area (Å²) in [6.07, 6.45) is 4.36. The van der Waals surface area contributed by atoms with Crippen molar-refractivity contribution in [1.82, 2.24) is 19.8 Å². The third kappa shape index (κ3) is 4.27. The maximum atomic E-state index is 12.9. The molecule has 0 aliphatic carbocycles. The van der Waals surface area contributed by atoms with Crippen molar-refractivity contribution in [3.8, 4) is 11.5 Å². The smallest absolute Gasteiger partial charge is 0.237 e. The number of carbonyl (C=O) groups excluding carboxylic acids is 1. The molecule has 0 radical (unpaired) electrons. The fraction of sp³-hybridized carbons (Fsp3) is 0.476. The van der Waals surface area contributed by atoms with Crippen LogP contribution in [0.5, 0.6) is 11.5 Å². The van der Waals surface area contributed by atoms with Gasteiger partial charge in [-0.2, -0.15) is 0 Å². The van der Waals surface area contributed by atoms with E-state index in [0.29, 0.717) is 18.8 Å². The molecule has 1 fully saturated rings. The maximum absolute atomic E-state index is 12.9. The normalized spacial score (nSPS) is 17.0. The molecule has 1 aromatic carbocycles. The number of hydrogen-bond acceptors (Lipinski definition) is 7. The quantitative estimate of drug-likeness (QED) is 0.751. The zero-order chi connectivity index (χ0) is 20.2. The Bertz CT molecular complexity index is 853. The number of piperazine rings is 1. The second-order valence-corrected chi connectivity index (χ2v) is 7.35. The van der Waals surface area contributed by atoms with Gasteiger partial charge in [-0.25, -0.2) is 9.97 Å². The minimum atomic E-state index is 0.176. The first-order valence-corrected chi connectivity index (χ1v) is 9.94. The molecule has 0 saturated carbocycles. The number of aromatic nitrogens is 2. The van der Waals surface area contributed by atoms with Crippen molar-refractivity contribution in [2.24, 2.45) is 0 Å². The van der Waals surface area contributed by atoms with Gasteiger partial charge in [0.1, 0.15) is 0 Å². The molecule has 29 heavy (non-hydrogen) atoms. The molecule has 0 atom stereocenters. The van der Waals surface area contributed by atoms with Crippen LogP contribution in [0.25, 0.3) is 0 Å². The summed E-state index contributed by atoms with van der Waals surface area (Å²) in [5, 5.41) is 0. The van der Waals surface area contributed by atoms with Crippen molar-refractivity contribution in [2.45, 2.75) is 13.0 Å². The number of nitrogens with zero attached hydrogens (tertiary/aromatic N) is 5. The molecule has 1 amide bonds. The minimum absolute atomic E-state index is 0.176. The topological polar surface area (TPSA) is 71.0 Å². The number of methoxy groups -OCH3 is 2. The predicted molar refractivity (Wildman–Crippen MR) is 109 cm³/mol. The molecular formula is C21H27N5O3. The Kier molecular flexibility index (Phi) is 5.80. The number of hydrogen-bond donors (Lipinski definition) is 0. The van der Waals surface area contributed by atoms with Crippen molar-refractivity contribution in [1.29, 1.82) is 0 Å². The molecule has 0 spiro atoms. The highest BCUT2D eigenvalue weighted by Crippen LogP contribution is 2.33. The van der Waals surface area contributed by atoms with E-state index >= 15 is 0 Å². The summed E-state index contributed by atoms with van der Waals surface area (Å²) in [6.45, 7) is 5.13. The summed E-state index contributed by atoms with van der Waals surface area (Å²) in [5.74, 6) is 2.39. The lowest BCUT2D eigenvalue weighted by Crippen LogP contribution is -2.51. The molecule has 154 valence electrons. The van der Waals surface area contributed by atoms with Crippen LogP contribution < -0.4 is 14.4 Å². The van der Waals surface area contributed by atoms with Crippen molar-refractivity contribution in [2.75, 3.05) is 58.4 Å². The maximum Gasteiger partial charge on any atom is 0.237 e. The van der Waals surface area contributed by atoms with Gasteiger partial charge in [-0.1, -0.05) is 0 Å². The zero-order valence-electron chi connectivity index (χ0n) is 17.0. The lowest BCUT2D eigenvalue weighted by molar-refractivity contribution is -0.133. The number of benzene rings is 1. The number of fused-ring (bicyclic) bond motifs is 1. The van der Waals surface area contributed by atoms with E-state index in [1.807, 2.05) is 23.1 Å². The van der Waals surface area contributed by atoms with Crippen LogP contribution in [0.4, 0.5) is 5.95 Å². The molecule has 2 aliphatic heterocycles. The zero-order valence-corrected chi connectivity index (χ0v) is 17.0. The van der Waals surface area contributed by atoms with Crippen LogP contribution in [0.2, 0.25) is 0 Å². The minimum Gasteiger partial charge on any atom is -0.493 e. The predicted octanol–water partition coefficient (Wildman–Crippen LogP) is 1.20. The van der Waals surface area contributed by atoms with Gasteiger partial charge in [0.15, 0.2) is 11.5 Å². The number of amides is 1. The lowest BCUT2D eigenvalue weighted by Gasteiger charge is -2.36. The van der Waals surface area contributed by atoms with Gasteiger partial charge < -0.3 is 19.3 Å². The van der Waals surface area contributed by atoms with Gasteiger partial charge in [-0.15, -0.1) is 0 Å². The molecule has 2 aliphatic rings. The fourth-order valence-electron chi connectivity index (χ4n) is 3.95. The molecule has 3 heterocycles. The van der Waals surface area contributed by atoms with Gasteiger partial charge in [-0.3, -0.25) is 9.69 Å². The first-order valence-electron chi connectivity index (χ1n) is 9.94. The number of rotatable bonds is 5. The second kappa shape index (κ2) is 8.65. The van der Waals surface area contributed by atoms with Gasteiger partial charge in [-0.05, 0) is 35.7 Å². The first-order chi connectivity index (χ1) is 14.2. The van der Waals surface area contributed by atoms with Crippen LogP contribution in [0.3, 0.4) is 0 Å². The molecule has 2 aromatic rings. The van der Waals surface area contributed by atoms with Gasteiger partial charge in [0, 0.05) is 51.7 Å². The van der Waals surface area contributed by atoms with Gasteiger partial charge in [0.25, 0.3) is 0 Å². The van der Waals surface area contributed by atoms with E-state index in [1.54, 1.807) is 26.6 Å². The van der Waals surface area contributed by atoms with E-state index in [2.05, 4.69) is 19.8 Å². The summed E-state index contributed by atoms with van der Waals surface area (Å²) < 4.78 is 10.8. The van der Waals surface area contributed by atoms with Crippen LogP contribution in [0.15, 0.2) is 30.6 Å². The Hall–Kier alpha value is -2.87. The Morgan fingerprint density at radius 1 is 0.966 bits per heavy atom. The summed E-state index contributed by atoms with van der Waals surface area (Å²) in [4.78, 5) is 27.8. The Morgan fingerprint density at radius 2 is 1.62 bits per heavy atom. The molecule has 4 rings (SSSR count). The Morgan fingerprint density at radius 3 is 2.28 bits per heavy atom. The number of ether oxygens (including phenoxy) is 2. The van der Waals surface area contributed by atoms with Crippen molar-refractivity contribution in [3.05, 3.63) is 41.7 Å². The van der Waals surface area contributed by atoms with Gasteiger partial charge >= 0.3 is 0 Å². The summed E-state index contributed by atoms with van der Waals surface area (Å²) in [5.41, 5.74) is 2.36. The average molecular weight is 397 g/mol. The second-order valence-electron chi connectivity index (χ2n) is 7.35. The third-order valence-corrected chi connectivity index (χ3v) is 5.64. The SMILES string of the molecule is COc1cc2c(cc1OC)CN(C(=O)CN1CCN(c3ncccn3)CC1)CC2. The molecule has 8 nitrogen and oxygen atoms in total. The van der Waals surface area contributed by atoms with Crippen LogP contribution >= 0.6 is 0 Å². The van der Waals surface area contributed by atoms with Gasteiger partial charge in [0.05, 0.1) is 20.8 Å². The van der Waals surface area contributed by atoms with E-state index in [1.165, 1.54) is 5.56 Å². The summed E-state index contributed by atoms with van der Waals surface area (Å²) >= 11 is 0. The fourth-order valence-corrected chi connectivity index (χ4v) is 3.95. The molecule has 0 unspecified atom stereocenters. The summed E-state index contributed by atoms with van der Waals surface area (Å²) in [7, 11) is 3.28. The number of anilines is 1. The monoisotopic (exact) mass is 397 g/mol. The molecule has 8 heteroatoms. The van der Waals surface area contributed by atoms with E-state index < -0.39 is 0 Å². The van der Waals surface area contributed by atoms with E-state index in [-0.39, 0.29) is 5.91 Å². The van der Waals surface area contributed by atoms with Crippen molar-refractivity contribution >= 4 is 11.9 Å². The Balaban J connectivity index is 1.33.